The molecule has 2 heterocycles. The van der Waals surface area contributed by atoms with Crippen LogP contribution in [0.15, 0.2) is 107 Å². The van der Waals surface area contributed by atoms with E-state index in [4.69, 9.17) is 14.6 Å². The van der Waals surface area contributed by atoms with Gasteiger partial charge in [0.15, 0.2) is 5.54 Å². The number of amides is 1. The van der Waals surface area contributed by atoms with Gasteiger partial charge in [0, 0.05) is 6.54 Å². The third-order valence-corrected chi connectivity index (χ3v) is 7.51. The lowest BCUT2D eigenvalue weighted by molar-refractivity contribution is -0.154. The number of nitrogens with zero attached hydrogens (tertiary/aromatic N) is 3. The van der Waals surface area contributed by atoms with Crippen LogP contribution in [0.25, 0.3) is 0 Å². The second kappa shape index (κ2) is 11.4. The summed E-state index contributed by atoms with van der Waals surface area (Å²) in [6, 6.07) is 28.0. The summed E-state index contributed by atoms with van der Waals surface area (Å²) in [6.07, 6.45) is 0. The van der Waals surface area contributed by atoms with Crippen LogP contribution in [0.5, 0.6) is 0 Å². The van der Waals surface area contributed by atoms with Crippen LogP contribution in [0.3, 0.4) is 0 Å². The quantitative estimate of drug-likeness (QED) is 0.308. The van der Waals surface area contributed by atoms with E-state index in [1.54, 1.807) is 65.5 Å². The molecule has 2 unspecified atom stereocenters. The van der Waals surface area contributed by atoms with Crippen LogP contribution in [0.4, 0.5) is 5.69 Å². The molecular formula is C36H39N3O5. The molecule has 1 spiro atoms. The lowest BCUT2D eigenvalue weighted by Crippen LogP contribution is -2.59. The second-order valence-electron chi connectivity index (χ2n) is 13.1. The maximum atomic E-state index is 15.1. The zero-order valence-electron chi connectivity index (χ0n) is 26.3. The van der Waals surface area contributed by atoms with Crippen LogP contribution < -0.4 is 5.01 Å². The number of rotatable bonds is 6. The first-order valence-corrected chi connectivity index (χ1v) is 14.8. The minimum absolute atomic E-state index is 0.00954. The standard InChI is InChI=1S/C36H39N3O5/c1-24-36(33(42)39(37-24)27-21-15-10-16-22-27)29(26-19-13-9-14-20-26)28(31(40)43-34(2,3)4)30(32(41)44-35(5,6)7)38(36)23-25-17-11-8-12-18-25/h8-22,29H,23H2,1-7H3. The molecular weight excluding hydrogens is 554 g/mol. The Labute approximate surface area is 259 Å². The summed E-state index contributed by atoms with van der Waals surface area (Å²) >= 11 is 0. The molecule has 0 fully saturated rings. The van der Waals surface area contributed by atoms with Crippen molar-refractivity contribution in [3.63, 3.8) is 0 Å². The molecule has 0 radical (unpaired) electrons. The summed E-state index contributed by atoms with van der Waals surface area (Å²) in [4.78, 5) is 45.5. The minimum Gasteiger partial charge on any atom is -0.457 e. The van der Waals surface area contributed by atoms with E-state index in [9.17, 15) is 9.59 Å². The first kappa shape index (κ1) is 30.7. The van der Waals surface area contributed by atoms with Gasteiger partial charge in [-0.3, -0.25) is 4.79 Å². The Hall–Kier alpha value is -4.72. The van der Waals surface area contributed by atoms with E-state index in [0.717, 1.165) is 5.56 Å². The number of esters is 2. The van der Waals surface area contributed by atoms with Crippen LogP contribution in [0.1, 0.15) is 65.5 Å². The molecule has 5 rings (SSSR count). The molecule has 0 aromatic heterocycles. The number of para-hydroxylation sites is 1. The van der Waals surface area contributed by atoms with Crippen molar-refractivity contribution in [3.05, 3.63) is 113 Å². The van der Waals surface area contributed by atoms with Gasteiger partial charge in [0.1, 0.15) is 16.9 Å². The molecule has 1 amide bonds. The number of anilines is 1. The maximum Gasteiger partial charge on any atom is 0.355 e. The molecule has 2 aliphatic heterocycles. The van der Waals surface area contributed by atoms with Crippen molar-refractivity contribution in [1.29, 1.82) is 0 Å². The molecule has 3 aromatic carbocycles. The van der Waals surface area contributed by atoms with Crippen molar-refractivity contribution in [2.75, 3.05) is 5.01 Å². The molecule has 2 atom stereocenters. The van der Waals surface area contributed by atoms with E-state index in [-0.39, 0.29) is 23.7 Å². The molecule has 44 heavy (non-hydrogen) atoms. The molecule has 0 N–H and O–H groups in total. The zero-order chi connectivity index (χ0) is 31.9. The minimum atomic E-state index is -1.58. The lowest BCUT2D eigenvalue weighted by Gasteiger charge is -2.40. The van der Waals surface area contributed by atoms with Gasteiger partial charge in [0.2, 0.25) is 0 Å². The fourth-order valence-corrected chi connectivity index (χ4v) is 5.92. The monoisotopic (exact) mass is 593 g/mol. The Balaban J connectivity index is 1.84. The van der Waals surface area contributed by atoms with Gasteiger partial charge in [-0.2, -0.15) is 10.1 Å². The highest BCUT2D eigenvalue weighted by atomic mass is 16.6. The van der Waals surface area contributed by atoms with Crippen LogP contribution in [-0.2, 0) is 30.4 Å². The van der Waals surface area contributed by atoms with Crippen molar-refractivity contribution in [1.82, 2.24) is 4.90 Å². The predicted molar refractivity (Wildman–Crippen MR) is 170 cm³/mol. The van der Waals surface area contributed by atoms with Gasteiger partial charge in [0.25, 0.3) is 5.91 Å². The average Bonchev–Trinajstić information content (AvgIpc) is 3.40. The molecule has 0 bridgehead atoms. The summed E-state index contributed by atoms with van der Waals surface area (Å²) in [5, 5.41) is 6.18. The van der Waals surface area contributed by atoms with Crippen molar-refractivity contribution in [2.24, 2.45) is 5.10 Å². The Morgan fingerprint density at radius 1 is 0.773 bits per heavy atom. The average molecular weight is 594 g/mol. The number of carbonyl (C=O) groups excluding carboxylic acids is 3. The number of hydrazone groups is 1. The normalized spacial score (nSPS) is 20.3. The Morgan fingerprint density at radius 2 is 1.27 bits per heavy atom. The van der Waals surface area contributed by atoms with E-state index in [0.29, 0.717) is 17.0 Å². The molecule has 0 saturated carbocycles. The van der Waals surface area contributed by atoms with Gasteiger partial charge >= 0.3 is 11.9 Å². The summed E-state index contributed by atoms with van der Waals surface area (Å²) in [6.45, 7) is 12.5. The smallest absolute Gasteiger partial charge is 0.355 e. The van der Waals surface area contributed by atoms with Crippen molar-refractivity contribution < 1.29 is 23.9 Å². The molecule has 3 aromatic rings. The van der Waals surface area contributed by atoms with E-state index < -0.39 is 34.6 Å². The largest absolute Gasteiger partial charge is 0.457 e. The van der Waals surface area contributed by atoms with Crippen LogP contribution in [0.2, 0.25) is 0 Å². The SMILES string of the molecule is CC1=NN(c2ccccc2)C(=O)C12C(c1ccccc1)C(C(=O)OC(C)(C)C)=C(C(=O)OC(C)(C)C)N2Cc1ccccc1. The molecule has 8 nitrogen and oxygen atoms in total. The van der Waals surface area contributed by atoms with E-state index in [1.807, 2.05) is 78.9 Å². The number of ether oxygens (including phenoxy) is 2. The third kappa shape index (κ3) is 5.64. The van der Waals surface area contributed by atoms with Gasteiger partial charge < -0.3 is 14.4 Å². The van der Waals surface area contributed by atoms with Gasteiger partial charge in [-0.05, 0) is 71.7 Å². The molecule has 0 saturated heterocycles. The Morgan fingerprint density at radius 3 is 1.82 bits per heavy atom. The van der Waals surface area contributed by atoms with E-state index in [2.05, 4.69) is 0 Å². The predicted octanol–water partition coefficient (Wildman–Crippen LogP) is 6.39. The third-order valence-electron chi connectivity index (χ3n) is 7.51. The van der Waals surface area contributed by atoms with Crippen LogP contribution >= 0.6 is 0 Å². The van der Waals surface area contributed by atoms with Crippen molar-refractivity contribution in [2.45, 2.75) is 77.7 Å². The van der Waals surface area contributed by atoms with Gasteiger partial charge in [0.05, 0.1) is 22.9 Å². The number of benzene rings is 3. The molecule has 0 aliphatic carbocycles. The summed E-state index contributed by atoms with van der Waals surface area (Å²) < 4.78 is 11.9. The molecule has 2 aliphatic rings. The highest BCUT2D eigenvalue weighted by Gasteiger charge is 2.67. The van der Waals surface area contributed by atoms with Gasteiger partial charge in [-0.1, -0.05) is 78.9 Å². The maximum absolute atomic E-state index is 15.1. The number of hydrogen-bond acceptors (Lipinski definition) is 7. The van der Waals surface area contributed by atoms with Crippen LogP contribution in [0, 0.1) is 0 Å². The summed E-state index contributed by atoms with van der Waals surface area (Å²) in [5.41, 5.74) is -0.751. The Kier molecular flexibility index (Phi) is 7.97. The fourth-order valence-electron chi connectivity index (χ4n) is 5.92. The van der Waals surface area contributed by atoms with Gasteiger partial charge in [-0.15, -0.1) is 0 Å². The van der Waals surface area contributed by atoms with Crippen molar-refractivity contribution in [3.8, 4) is 0 Å². The van der Waals surface area contributed by atoms with E-state index >= 15 is 4.79 Å². The highest BCUT2D eigenvalue weighted by Crippen LogP contribution is 2.54. The van der Waals surface area contributed by atoms with E-state index in [1.165, 1.54) is 5.01 Å². The number of carbonyl (C=O) groups is 3. The molecule has 8 heteroatoms. The summed E-state index contributed by atoms with van der Waals surface area (Å²) in [5.74, 6) is -2.73. The van der Waals surface area contributed by atoms with Crippen LogP contribution in [-0.4, -0.2) is 45.2 Å². The summed E-state index contributed by atoms with van der Waals surface area (Å²) in [7, 11) is 0. The lowest BCUT2D eigenvalue weighted by atomic mass is 9.73. The zero-order valence-corrected chi connectivity index (χ0v) is 26.3. The Bertz CT molecular complexity index is 1620. The second-order valence-corrected chi connectivity index (χ2v) is 13.1. The fraction of sp³-hybridized carbons (Fsp3) is 0.333. The van der Waals surface area contributed by atoms with Gasteiger partial charge in [-0.25, -0.2) is 9.59 Å². The number of hydrogen-bond donors (Lipinski definition) is 0. The molecule has 228 valence electrons. The first-order valence-electron chi connectivity index (χ1n) is 14.8. The highest BCUT2D eigenvalue weighted by molar-refractivity contribution is 6.26. The first-order chi connectivity index (χ1) is 20.7. The van der Waals surface area contributed by atoms with Crippen molar-refractivity contribution >= 4 is 29.2 Å². The topological polar surface area (TPSA) is 88.5 Å².